The third kappa shape index (κ3) is 4.05. The zero-order valence-electron chi connectivity index (χ0n) is 18.3. The number of hydrogen-bond acceptors (Lipinski definition) is 5. The number of nitrogens with zero attached hydrogens (tertiary/aromatic N) is 2. The van der Waals surface area contributed by atoms with Crippen LogP contribution in [0.1, 0.15) is 49.6 Å². The zero-order valence-corrected chi connectivity index (χ0v) is 19.2. The predicted octanol–water partition coefficient (Wildman–Crippen LogP) is 5.43. The lowest BCUT2D eigenvalue weighted by Crippen LogP contribution is -2.30. The lowest BCUT2D eigenvalue weighted by Gasteiger charge is -2.16. The molecule has 2 aromatic carbocycles. The topological polar surface area (TPSA) is 64.3 Å². The molecule has 32 heavy (non-hydrogen) atoms. The molecular weight excluding hydrogens is 420 g/mol. The fourth-order valence-corrected chi connectivity index (χ4v) is 5.64. The highest BCUT2D eigenvalue weighted by molar-refractivity contribution is 7.25. The van der Waals surface area contributed by atoms with Crippen molar-refractivity contribution in [2.75, 3.05) is 6.61 Å². The summed E-state index contributed by atoms with van der Waals surface area (Å²) < 4.78 is 8.41. The number of benzene rings is 2. The van der Waals surface area contributed by atoms with Crippen molar-refractivity contribution < 1.29 is 9.84 Å². The van der Waals surface area contributed by atoms with Crippen LogP contribution in [-0.4, -0.2) is 27.4 Å². The quantitative estimate of drug-likeness (QED) is 0.409. The van der Waals surface area contributed by atoms with E-state index in [-0.39, 0.29) is 17.4 Å². The van der Waals surface area contributed by atoms with Gasteiger partial charge in [-0.1, -0.05) is 43.7 Å². The molecule has 0 amide bonds. The van der Waals surface area contributed by atoms with E-state index in [0.29, 0.717) is 23.2 Å². The van der Waals surface area contributed by atoms with Crippen LogP contribution in [0.25, 0.3) is 20.3 Å². The summed E-state index contributed by atoms with van der Waals surface area (Å²) >= 11 is 1.41. The average molecular weight is 449 g/mol. The smallest absolute Gasteiger partial charge is 0.263 e. The van der Waals surface area contributed by atoms with Gasteiger partial charge in [0.15, 0.2) is 0 Å². The Kier molecular flexibility index (Phi) is 5.98. The lowest BCUT2D eigenvalue weighted by molar-refractivity contribution is 0.0953. The number of aromatic hydroxyl groups is 1. The number of phenols is 1. The van der Waals surface area contributed by atoms with E-state index < -0.39 is 0 Å². The first kappa shape index (κ1) is 21.2. The van der Waals surface area contributed by atoms with Gasteiger partial charge in [-0.25, -0.2) is 4.98 Å². The number of fused-ring (bicyclic) bond motifs is 3. The lowest BCUT2D eigenvalue weighted by atomic mass is 10.0. The normalized spacial score (nSPS) is 16.3. The number of thiophene rings is 1. The monoisotopic (exact) mass is 448 g/mol. The Morgan fingerprint density at radius 3 is 2.81 bits per heavy atom. The molecule has 1 aliphatic heterocycles. The molecule has 1 saturated heterocycles. The van der Waals surface area contributed by atoms with Crippen molar-refractivity contribution in [1.82, 2.24) is 9.55 Å². The van der Waals surface area contributed by atoms with Crippen molar-refractivity contribution >= 4 is 31.6 Å². The molecule has 0 aliphatic carbocycles. The Balaban J connectivity index is 1.69. The largest absolute Gasteiger partial charge is 0.506 e. The molecule has 5 nitrogen and oxygen atoms in total. The number of ether oxygens (including phenoxy) is 1. The van der Waals surface area contributed by atoms with E-state index in [2.05, 4.69) is 25.1 Å². The number of unbranched alkanes of at least 4 members (excludes halogenated alkanes) is 1. The fourth-order valence-electron chi connectivity index (χ4n) is 4.56. The number of aromatic nitrogens is 2. The molecule has 166 valence electrons. The second-order valence-electron chi connectivity index (χ2n) is 8.62. The van der Waals surface area contributed by atoms with E-state index in [1.165, 1.54) is 11.3 Å². The van der Waals surface area contributed by atoms with Crippen molar-refractivity contribution in [2.45, 2.75) is 58.1 Å². The van der Waals surface area contributed by atoms with Crippen molar-refractivity contribution in [2.24, 2.45) is 0 Å². The summed E-state index contributed by atoms with van der Waals surface area (Å²) in [6.07, 6.45) is 5.64. The summed E-state index contributed by atoms with van der Waals surface area (Å²) in [6, 6.07) is 14.0. The van der Waals surface area contributed by atoms with Gasteiger partial charge in [-0.2, -0.15) is 0 Å². The Bertz CT molecular complexity index is 1300. The van der Waals surface area contributed by atoms with Crippen LogP contribution in [0.2, 0.25) is 0 Å². The Morgan fingerprint density at radius 1 is 1.22 bits per heavy atom. The van der Waals surface area contributed by atoms with Gasteiger partial charge in [0, 0.05) is 18.4 Å². The second kappa shape index (κ2) is 9.04. The summed E-state index contributed by atoms with van der Waals surface area (Å²) in [6.45, 7) is 3.42. The fraction of sp³-hybridized carbons (Fsp3) is 0.385. The number of hydrogen-bond donors (Lipinski definition) is 1. The molecule has 0 saturated carbocycles. The standard InChI is InChI=1S/C26H28N2O3S/c1-2-3-8-18-13-20-23-25(32-24(20)21(29)14-18)27-22(15-17-9-5-4-6-10-17)28(26(23)30)16-19-11-7-12-31-19/h4-6,9-10,13-14,19,29H,2-3,7-8,11-12,15-16H2,1H3. The van der Waals surface area contributed by atoms with Crippen LogP contribution in [0.5, 0.6) is 5.75 Å². The van der Waals surface area contributed by atoms with Gasteiger partial charge in [0.05, 0.1) is 22.7 Å². The van der Waals surface area contributed by atoms with Gasteiger partial charge in [0.25, 0.3) is 5.56 Å². The van der Waals surface area contributed by atoms with Crippen molar-refractivity contribution in [3.05, 3.63) is 69.8 Å². The van der Waals surface area contributed by atoms with Gasteiger partial charge in [0.1, 0.15) is 16.4 Å². The van der Waals surface area contributed by atoms with Crippen molar-refractivity contribution in [3.8, 4) is 5.75 Å². The molecule has 6 heteroatoms. The van der Waals surface area contributed by atoms with Crippen molar-refractivity contribution in [3.63, 3.8) is 0 Å². The molecule has 3 heterocycles. The minimum Gasteiger partial charge on any atom is -0.506 e. The third-order valence-corrected chi connectivity index (χ3v) is 7.37. The highest BCUT2D eigenvalue weighted by Gasteiger charge is 2.23. The molecule has 1 unspecified atom stereocenters. The minimum atomic E-state index is -0.0327. The van der Waals surface area contributed by atoms with Gasteiger partial charge in [-0.15, -0.1) is 11.3 Å². The van der Waals surface area contributed by atoms with Gasteiger partial charge in [-0.3, -0.25) is 9.36 Å². The van der Waals surface area contributed by atoms with E-state index in [1.807, 2.05) is 28.8 Å². The molecule has 0 bridgehead atoms. The first-order valence-corrected chi connectivity index (χ1v) is 12.3. The summed E-state index contributed by atoms with van der Waals surface area (Å²) in [7, 11) is 0. The van der Waals surface area contributed by atoms with E-state index in [1.54, 1.807) is 0 Å². The maximum atomic E-state index is 13.8. The summed E-state index contributed by atoms with van der Waals surface area (Å²) in [5, 5.41) is 12.1. The zero-order chi connectivity index (χ0) is 22.1. The molecule has 1 atom stereocenters. The molecular formula is C26H28N2O3S. The second-order valence-corrected chi connectivity index (χ2v) is 9.62. The van der Waals surface area contributed by atoms with Crippen LogP contribution < -0.4 is 5.56 Å². The first-order chi connectivity index (χ1) is 15.6. The highest BCUT2D eigenvalue weighted by atomic mass is 32.1. The molecule has 1 fully saturated rings. The Hall–Kier alpha value is -2.70. The van der Waals surface area contributed by atoms with E-state index in [4.69, 9.17) is 9.72 Å². The predicted molar refractivity (Wildman–Crippen MR) is 130 cm³/mol. The maximum Gasteiger partial charge on any atom is 0.263 e. The highest BCUT2D eigenvalue weighted by Crippen LogP contribution is 2.38. The SMILES string of the molecule is CCCCc1cc(O)c2sc3nc(Cc4ccccc4)n(CC4CCCO4)c(=O)c3c2c1. The summed E-state index contributed by atoms with van der Waals surface area (Å²) in [5.41, 5.74) is 2.15. The van der Waals surface area contributed by atoms with Gasteiger partial charge in [0.2, 0.25) is 0 Å². The molecule has 5 rings (SSSR count). The molecule has 1 aliphatic rings. The Labute approximate surface area is 191 Å². The van der Waals surface area contributed by atoms with Crippen LogP contribution in [0, 0.1) is 0 Å². The maximum absolute atomic E-state index is 13.8. The summed E-state index contributed by atoms with van der Waals surface area (Å²) in [5.74, 6) is 0.993. The molecule has 0 radical (unpaired) electrons. The van der Waals surface area contributed by atoms with Gasteiger partial charge >= 0.3 is 0 Å². The average Bonchev–Trinajstić information content (AvgIpc) is 3.44. The minimum absolute atomic E-state index is 0.0327. The number of rotatable bonds is 7. The third-order valence-electron chi connectivity index (χ3n) is 6.25. The van der Waals surface area contributed by atoms with Crippen LogP contribution in [0.4, 0.5) is 0 Å². The number of phenolic OH excluding ortho intramolecular Hbond substituents is 1. The molecule has 2 aromatic heterocycles. The van der Waals surface area contributed by atoms with Crippen molar-refractivity contribution in [1.29, 1.82) is 0 Å². The van der Waals surface area contributed by atoms with Crippen LogP contribution in [0.15, 0.2) is 47.3 Å². The molecule has 1 N–H and O–H groups in total. The van der Waals surface area contributed by atoms with Crippen LogP contribution >= 0.6 is 11.3 Å². The van der Waals surface area contributed by atoms with Gasteiger partial charge < -0.3 is 9.84 Å². The van der Waals surface area contributed by atoms with Crippen LogP contribution in [0.3, 0.4) is 0 Å². The van der Waals surface area contributed by atoms with E-state index in [9.17, 15) is 9.90 Å². The molecule has 4 aromatic rings. The first-order valence-electron chi connectivity index (χ1n) is 11.5. The van der Waals surface area contributed by atoms with E-state index >= 15 is 0 Å². The van der Waals surface area contributed by atoms with Gasteiger partial charge in [-0.05, 0) is 48.9 Å². The number of aryl methyl sites for hydroxylation is 1. The summed E-state index contributed by atoms with van der Waals surface area (Å²) in [4.78, 5) is 19.5. The van der Waals surface area contributed by atoms with Crippen LogP contribution in [-0.2, 0) is 24.1 Å². The molecule has 0 spiro atoms. The van der Waals surface area contributed by atoms with E-state index in [0.717, 1.165) is 65.7 Å². The Morgan fingerprint density at radius 2 is 2.06 bits per heavy atom.